The molecule has 1 unspecified atom stereocenters. The van der Waals surface area contributed by atoms with Crippen LogP contribution >= 0.6 is 0 Å². The first-order valence-corrected chi connectivity index (χ1v) is 6.23. The molecule has 1 rings (SSSR count). The molecule has 1 fully saturated rings. The van der Waals surface area contributed by atoms with E-state index in [4.69, 9.17) is 5.11 Å². The van der Waals surface area contributed by atoms with Gasteiger partial charge in [-0.2, -0.15) is 0 Å². The zero-order valence-electron chi connectivity index (χ0n) is 10.4. The summed E-state index contributed by atoms with van der Waals surface area (Å²) >= 11 is 0. The highest BCUT2D eigenvalue weighted by molar-refractivity contribution is 4.92. The second kappa shape index (κ2) is 5.83. The fourth-order valence-electron chi connectivity index (χ4n) is 2.31. The van der Waals surface area contributed by atoms with Gasteiger partial charge in [0.05, 0.1) is 6.10 Å². The smallest absolute Gasteiger partial charge is 0.0636 e. The van der Waals surface area contributed by atoms with Crippen LogP contribution < -0.4 is 5.32 Å². The van der Waals surface area contributed by atoms with Gasteiger partial charge < -0.3 is 15.3 Å². The predicted molar refractivity (Wildman–Crippen MR) is 64.0 cm³/mol. The van der Waals surface area contributed by atoms with E-state index in [0.29, 0.717) is 12.0 Å². The Morgan fingerprint density at radius 1 is 1.33 bits per heavy atom. The van der Waals surface area contributed by atoms with Gasteiger partial charge in [0.1, 0.15) is 0 Å². The molecule has 3 heteroatoms. The minimum absolute atomic E-state index is 0.230. The SMILES string of the molecule is CCC1(CC)CN(CCNCC(C)O)C1. The number of hydrogen-bond donors (Lipinski definition) is 2. The van der Waals surface area contributed by atoms with E-state index >= 15 is 0 Å². The van der Waals surface area contributed by atoms with Crippen LogP contribution in [0.2, 0.25) is 0 Å². The Balaban J connectivity index is 2.02. The van der Waals surface area contributed by atoms with Crippen molar-refractivity contribution in [2.75, 3.05) is 32.7 Å². The number of aliphatic hydroxyl groups excluding tert-OH is 1. The van der Waals surface area contributed by atoms with Crippen molar-refractivity contribution in [3.8, 4) is 0 Å². The number of nitrogens with one attached hydrogen (secondary N) is 1. The van der Waals surface area contributed by atoms with Crippen LogP contribution in [0.4, 0.5) is 0 Å². The summed E-state index contributed by atoms with van der Waals surface area (Å²) < 4.78 is 0. The fraction of sp³-hybridized carbons (Fsp3) is 1.00. The first-order chi connectivity index (χ1) is 7.12. The average molecular weight is 214 g/mol. The first-order valence-electron chi connectivity index (χ1n) is 6.23. The third-order valence-corrected chi connectivity index (χ3v) is 3.66. The Morgan fingerprint density at radius 3 is 2.40 bits per heavy atom. The maximum atomic E-state index is 9.07. The van der Waals surface area contributed by atoms with Crippen LogP contribution in [0.25, 0.3) is 0 Å². The van der Waals surface area contributed by atoms with Crippen LogP contribution in [0.15, 0.2) is 0 Å². The number of rotatable bonds is 7. The van der Waals surface area contributed by atoms with E-state index < -0.39 is 0 Å². The summed E-state index contributed by atoms with van der Waals surface area (Å²) in [5.74, 6) is 0. The molecule has 0 aliphatic carbocycles. The summed E-state index contributed by atoms with van der Waals surface area (Å²) in [7, 11) is 0. The van der Waals surface area contributed by atoms with Crippen molar-refractivity contribution in [2.45, 2.75) is 39.7 Å². The highest BCUT2D eigenvalue weighted by Crippen LogP contribution is 2.36. The minimum Gasteiger partial charge on any atom is -0.392 e. The van der Waals surface area contributed by atoms with E-state index in [1.807, 2.05) is 6.92 Å². The molecular formula is C12H26N2O. The Bertz CT molecular complexity index is 170. The predicted octanol–water partition coefficient (Wildman–Crippen LogP) is 1.08. The highest BCUT2D eigenvalue weighted by atomic mass is 16.3. The third-order valence-electron chi connectivity index (χ3n) is 3.66. The second-order valence-electron chi connectivity index (χ2n) is 4.97. The van der Waals surface area contributed by atoms with Gasteiger partial charge in [-0.1, -0.05) is 13.8 Å². The fourth-order valence-corrected chi connectivity index (χ4v) is 2.31. The molecule has 0 spiro atoms. The third kappa shape index (κ3) is 3.74. The van der Waals surface area contributed by atoms with Crippen molar-refractivity contribution in [2.24, 2.45) is 5.41 Å². The van der Waals surface area contributed by atoms with Crippen LogP contribution in [0, 0.1) is 5.41 Å². The maximum Gasteiger partial charge on any atom is 0.0636 e. The maximum absolute atomic E-state index is 9.07. The normalized spacial score (nSPS) is 22.4. The molecule has 1 aliphatic rings. The van der Waals surface area contributed by atoms with Crippen molar-refractivity contribution >= 4 is 0 Å². The number of hydrogen-bond acceptors (Lipinski definition) is 3. The molecule has 2 N–H and O–H groups in total. The van der Waals surface area contributed by atoms with Crippen molar-refractivity contribution < 1.29 is 5.11 Å². The Hall–Kier alpha value is -0.120. The summed E-state index contributed by atoms with van der Waals surface area (Å²) in [6, 6.07) is 0. The van der Waals surface area contributed by atoms with Crippen LogP contribution in [-0.2, 0) is 0 Å². The minimum atomic E-state index is -0.230. The lowest BCUT2D eigenvalue weighted by Gasteiger charge is -2.50. The van der Waals surface area contributed by atoms with Gasteiger partial charge in [0, 0.05) is 32.7 Å². The summed E-state index contributed by atoms with van der Waals surface area (Å²) in [6.45, 7) is 11.8. The largest absolute Gasteiger partial charge is 0.392 e. The number of aliphatic hydroxyl groups is 1. The van der Waals surface area contributed by atoms with Gasteiger partial charge in [-0.05, 0) is 25.2 Å². The van der Waals surface area contributed by atoms with Gasteiger partial charge in [0.15, 0.2) is 0 Å². The summed E-state index contributed by atoms with van der Waals surface area (Å²) in [5, 5.41) is 12.3. The molecule has 90 valence electrons. The molecule has 0 aromatic heterocycles. The molecule has 0 radical (unpaired) electrons. The molecule has 1 heterocycles. The lowest BCUT2D eigenvalue weighted by atomic mass is 9.75. The number of likely N-dealkylation sites (tertiary alicyclic amines) is 1. The molecule has 1 atom stereocenters. The van der Waals surface area contributed by atoms with Gasteiger partial charge in [-0.15, -0.1) is 0 Å². The molecule has 0 amide bonds. The van der Waals surface area contributed by atoms with E-state index in [2.05, 4.69) is 24.1 Å². The van der Waals surface area contributed by atoms with E-state index in [-0.39, 0.29) is 6.10 Å². The average Bonchev–Trinajstić information content (AvgIpc) is 2.15. The van der Waals surface area contributed by atoms with Crippen LogP contribution in [0.3, 0.4) is 0 Å². The van der Waals surface area contributed by atoms with Crippen molar-refractivity contribution in [1.29, 1.82) is 0 Å². The van der Waals surface area contributed by atoms with Crippen LogP contribution in [0.5, 0.6) is 0 Å². The molecule has 1 aliphatic heterocycles. The molecular weight excluding hydrogens is 188 g/mol. The van der Waals surface area contributed by atoms with E-state index in [1.165, 1.54) is 25.9 Å². The van der Waals surface area contributed by atoms with Gasteiger partial charge in [0.25, 0.3) is 0 Å². The molecule has 1 saturated heterocycles. The summed E-state index contributed by atoms with van der Waals surface area (Å²) in [5.41, 5.74) is 0.615. The quantitative estimate of drug-likeness (QED) is 0.623. The van der Waals surface area contributed by atoms with Gasteiger partial charge in [-0.25, -0.2) is 0 Å². The van der Waals surface area contributed by atoms with E-state index in [9.17, 15) is 0 Å². The second-order valence-corrected chi connectivity index (χ2v) is 4.97. The lowest BCUT2D eigenvalue weighted by molar-refractivity contribution is -0.00498. The highest BCUT2D eigenvalue weighted by Gasteiger charge is 2.38. The van der Waals surface area contributed by atoms with Crippen LogP contribution in [0.1, 0.15) is 33.6 Å². The molecule has 15 heavy (non-hydrogen) atoms. The Morgan fingerprint density at radius 2 is 1.93 bits per heavy atom. The van der Waals surface area contributed by atoms with Crippen LogP contribution in [-0.4, -0.2) is 48.8 Å². The standard InChI is InChI=1S/C12H26N2O/c1-4-12(5-2)9-14(10-12)7-6-13-8-11(3)15/h11,13,15H,4-10H2,1-3H3. The van der Waals surface area contributed by atoms with E-state index in [0.717, 1.165) is 13.1 Å². The molecule has 3 nitrogen and oxygen atoms in total. The molecule has 0 bridgehead atoms. The summed E-state index contributed by atoms with van der Waals surface area (Å²) in [6.07, 6.45) is 2.38. The zero-order chi connectivity index (χ0) is 11.3. The Kier molecular flexibility index (Phi) is 5.03. The lowest BCUT2D eigenvalue weighted by Crippen LogP contribution is -2.57. The Labute approximate surface area is 93.9 Å². The monoisotopic (exact) mass is 214 g/mol. The zero-order valence-corrected chi connectivity index (χ0v) is 10.4. The van der Waals surface area contributed by atoms with Crippen molar-refractivity contribution in [1.82, 2.24) is 10.2 Å². The van der Waals surface area contributed by atoms with Gasteiger partial charge in [-0.3, -0.25) is 0 Å². The number of nitrogens with zero attached hydrogens (tertiary/aromatic N) is 1. The topological polar surface area (TPSA) is 35.5 Å². The van der Waals surface area contributed by atoms with E-state index in [1.54, 1.807) is 0 Å². The molecule has 0 aromatic carbocycles. The van der Waals surface area contributed by atoms with Gasteiger partial charge >= 0.3 is 0 Å². The molecule has 0 aromatic rings. The molecule has 0 saturated carbocycles. The van der Waals surface area contributed by atoms with Crippen molar-refractivity contribution in [3.63, 3.8) is 0 Å². The first kappa shape index (κ1) is 12.9. The van der Waals surface area contributed by atoms with Crippen molar-refractivity contribution in [3.05, 3.63) is 0 Å². The van der Waals surface area contributed by atoms with Gasteiger partial charge in [0.2, 0.25) is 0 Å². The summed E-state index contributed by atoms with van der Waals surface area (Å²) in [4.78, 5) is 2.50.